The van der Waals surface area contributed by atoms with E-state index in [4.69, 9.17) is 5.26 Å². The minimum atomic E-state index is 0.668. The van der Waals surface area contributed by atoms with Crippen LogP contribution in [0.1, 0.15) is 5.56 Å². The molecular weight excluding hydrogens is 206 g/mol. The number of rotatable bonds is 2. The molecule has 0 aliphatic carbocycles. The second-order valence-electron chi connectivity index (χ2n) is 2.76. The lowest BCUT2D eigenvalue weighted by atomic mass is 10.2. The van der Waals surface area contributed by atoms with E-state index in [0.29, 0.717) is 5.56 Å². The molecule has 1 heterocycles. The van der Waals surface area contributed by atoms with E-state index < -0.39 is 0 Å². The zero-order chi connectivity index (χ0) is 10.5. The Kier molecular flexibility index (Phi) is 2.96. The highest BCUT2D eigenvalue weighted by molar-refractivity contribution is 7.99. The van der Waals surface area contributed by atoms with Crippen molar-refractivity contribution in [3.8, 4) is 6.07 Å². The van der Waals surface area contributed by atoms with E-state index in [1.54, 1.807) is 12.3 Å². The summed E-state index contributed by atoms with van der Waals surface area (Å²) in [5, 5.41) is 9.74. The van der Waals surface area contributed by atoms with Crippen molar-refractivity contribution in [2.45, 2.75) is 9.92 Å². The van der Waals surface area contributed by atoms with Gasteiger partial charge in [0.15, 0.2) is 0 Å². The highest BCUT2D eigenvalue weighted by Gasteiger charge is 2.03. The van der Waals surface area contributed by atoms with Gasteiger partial charge in [-0.2, -0.15) is 5.26 Å². The second-order valence-corrected chi connectivity index (χ2v) is 3.82. The molecular formula is C11H7N3S. The van der Waals surface area contributed by atoms with Gasteiger partial charge in [-0.25, -0.2) is 9.97 Å². The third kappa shape index (κ3) is 2.33. The van der Waals surface area contributed by atoms with Crippen molar-refractivity contribution in [3.63, 3.8) is 0 Å². The first-order valence-electron chi connectivity index (χ1n) is 4.33. The van der Waals surface area contributed by atoms with Crippen molar-refractivity contribution >= 4 is 11.8 Å². The van der Waals surface area contributed by atoms with Gasteiger partial charge in [0.25, 0.3) is 0 Å². The lowest BCUT2D eigenvalue weighted by Gasteiger charge is -2.01. The Bertz CT molecular complexity index is 491. The summed E-state index contributed by atoms with van der Waals surface area (Å²) in [4.78, 5) is 8.85. The topological polar surface area (TPSA) is 49.6 Å². The quantitative estimate of drug-likeness (QED) is 0.719. The molecule has 0 saturated carbocycles. The smallest absolute Gasteiger partial charge is 0.116 e. The monoisotopic (exact) mass is 213 g/mol. The molecule has 0 amide bonds. The summed E-state index contributed by atoms with van der Waals surface area (Å²) in [6.07, 6.45) is 3.18. The Morgan fingerprint density at radius 3 is 2.80 bits per heavy atom. The minimum Gasteiger partial charge on any atom is -0.245 e. The summed E-state index contributed by atoms with van der Waals surface area (Å²) in [5.74, 6) is 0. The van der Waals surface area contributed by atoms with Crippen LogP contribution in [0.25, 0.3) is 0 Å². The first-order chi connectivity index (χ1) is 7.40. The van der Waals surface area contributed by atoms with Crippen LogP contribution in [-0.4, -0.2) is 9.97 Å². The lowest BCUT2D eigenvalue weighted by Crippen LogP contribution is -1.83. The Labute approximate surface area is 91.8 Å². The highest BCUT2D eigenvalue weighted by atomic mass is 32.2. The molecule has 0 atom stereocenters. The van der Waals surface area contributed by atoms with Crippen LogP contribution in [0.3, 0.4) is 0 Å². The fraction of sp³-hybridized carbons (Fsp3) is 0. The van der Waals surface area contributed by atoms with Gasteiger partial charge in [-0.1, -0.05) is 23.9 Å². The van der Waals surface area contributed by atoms with Crippen molar-refractivity contribution in [2.24, 2.45) is 0 Å². The first kappa shape index (κ1) is 9.69. The number of nitrogens with zero attached hydrogens (tertiary/aromatic N) is 3. The van der Waals surface area contributed by atoms with E-state index in [-0.39, 0.29) is 0 Å². The van der Waals surface area contributed by atoms with Crippen molar-refractivity contribution in [3.05, 3.63) is 48.4 Å². The largest absolute Gasteiger partial charge is 0.245 e. The normalized spacial score (nSPS) is 9.53. The average molecular weight is 213 g/mol. The maximum Gasteiger partial charge on any atom is 0.116 e. The third-order valence-electron chi connectivity index (χ3n) is 1.78. The minimum absolute atomic E-state index is 0.668. The SMILES string of the molecule is N#Cc1ccccc1Sc1ccncn1. The first-order valence-corrected chi connectivity index (χ1v) is 5.15. The summed E-state index contributed by atoms with van der Waals surface area (Å²) < 4.78 is 0. The maximum absolute atomic E-state index is 8.90. The molecule has 3 nitrogen and oxygen atoms in total. The van der Waals surface area contributed by atoms with E-state index >= 15 is 0 Å². The Balaban J connectivity index is 2.29. The molecule has 0 N–H and O–H groups in total. The van der Waals surface area contributed by atoms with Gasteiger partial charge in [0.2, 0.25) is 0 Å². The zero-order valence-corrected chi connectivity index (χ0v) is 8.61. The maximum atomic E-state index is 8.90. The molecule has 72 valence electrons. The number of hydrogen-bond acceptors (Lipinski definition) is 4. The molecule has 2 rings (SSSR count). The lowest BCUT2D eigenvalue weighted by molar-refractivity contribution is 1.05. The molecule has 0 unspecified atom stereocenters. The number of nitriles is 1. The van der Waals surface area contributed by atoms with Crippen LogP contribution in [0.15, 0.2) is 52.8 Å². The fourth-order valence-electron chi connectivity index (χ4n) is 1.10. The summed E-state index contributed by atoms with van der Waals surface area (Å²) in [6.45, 7) is 0. The predicted octanol–water partition coefficient (Wildman–Crippen LogP) is 2.50. The molecule has 1 aromatic heterocycles. The van der Waals surface area contributed by atoms with Gasteiger partial charge in [-0.15, -0.1) is 0 Å². The fourth-order valence-corrected chi connectivity index (χ4v) is 1.92. The summed E-state index contributed by atoms with van der Waals surface area (Å²) in [7, 11) is 0. The van der Waals surface area contributed by atoms with E-state index in [1.165, 1.54) is 18.1 Å². The van der Waals surface area contributed by atoms with Crippen molar-refractivity contribution in [1.82, 2.24) is 9.97 Å². The summed E-state index contributed by atoms with van der Waals surface area (Å²) >= 11 is 1.47. The van der Waals surface area contributed by atoms with Crippen LogP contribution < -0.4 is 0 Å². The molecule has 0 fully saturated rings. The van der Waals surface area contributed by atoms with Crippen LogP contribution in [0, 0.1) is 11.3 Å². The molecule has 4 heteroatoms. The standard InChI is InChI=1S/C11H7N3S/c12-7-9-3-1-2-4-10(9)15-11-5-6-13-8-14-11/h1-6,8H. The van der Waals surface area contributed by atoms with E-state index in [2.05, 4.69) is 16.0 Å². The third-order valence-corrected chi connectivity index (χ3v) is 2.80. The van der Waals surface area contributed by atoms with Gasteiger partial charge in [0.1, 0.15) is 17.4 Å². The number of hydrogen-bond donors (Lipinski definition) is 0. The van der Waals surface area contributed by atoms with Gasteiger partial charge >= 0.3 is 0 Å². The molecule has 15 heavy (non-hydrogen) atoms. The van der Waals surface area contributed by atoms with Gasteiger partial charge in [0, 0.05) is 11.1 Å². The Morgan fingerprint density at radius 2 is 2.07 bits per heavy atom. The van der Waals surface area contributed by atoms with Crippen molar-refractivity contribution in [2.75, 3.05) is 0 Å². The molecule has 0 aliphatic rings. The van der Waals surface area contributed by atoms with Crippen LogP contribution >= 0.6 is 11.8 Å². The Hall–Kier alpha value is -1.86. The van der Waals surface area contributed by atoms with Crippen LogP contribution in [0.2, 0.25) is 0 Å². The van der Waals surface area contributed by atoms with E-state index in [0.717, 1.165) is 9.92 Å². The van der Waals surface area contributed by atoms with Crippen molar-refractivity contribution in [1.29, 1.82) is 5.26 Å². The molecule has 0 saturated heterocycles. The molecule has 1 aromatic carbocycles. The van der Waals surface area contributed by atoms with Gasteiger partial charge in [-0.3, -0.25) is 0 Å². The van der Waals surface area contributed by atoms with E-state index in [9.17, 15) is 0 Å². The number of benzene rings is 1. The van der Waals surface area contributed by atoms with Gasteiger partial charge < -0.3 is 0 Å². The highest BCUT2D eigenvalue weighted by Crippen LogP contribution is 2.27. The number of aromatic nitrogens is 2. The van der Waals surface area contributed by atoms with Crippen LogP contribution in [0.4, 0.5) is 0 Å². The Morgan fingerprint density at radius 1 is 1.20 bits per heavy atom. The predicted molar refractivity (Wildman–Crippen MR) is 57.3 cm³/mol. The van der Waals surface area contributed by atoms with Crippen LogP contribution in [0.5, 0.6) is 0 Å². The molecule has 0 aliphatic heterocycles. The van der Waals surface area contributed by atoms with Crippen LogP contribution in [-0.2, 0) is 0 Å². The second kappa shape index (κ2) is 4.58. The summed E-state index contributed by atoms with van der Waals surface area (Å²) in [6, 6.07) is 11.4. The molecule has 0 bridgehead atoms. The zero-order valence-electron chi connectivity index (χ0n) is 7.79. The molecule has 2 aromatic rings. The van der Waals surface area contributed by atoms with Gasteiger partial charge in [0.05, 0.1) is 5.56 Å². The average Bonchev–Trinajstić information content (AvgIpc) is 2.31. The molecule has 0 spiro atoms. The summed E-state index contributed by atoms with van der Waals surface area (Å²) in [5.41, 5.74) is 0.668. The van der Waals surface area contributed by atoms with E-state index in [1.807, 2.05) is 24.3 Å². The van der Waals surface area contributed by atoms with Crippen molar-refractivity contribution < 1.29 is 0 Å². The van der Waals surface area contributed by atoms with Gasteiger partial charge in [-0.05, 0) is 18.2 Å². The molecule has 0 radical (unpaired) electrons.